The number of aromatic carboxylic acids is 1. The van der Waals surface area contributed by atoms with Crippen molar-refractivity contribution in [1.29, 1.82) is 0 Å². The lowest BCUT2D eigenvalue weighted by molar-refractivity contribution is -0.118. The van der Waals surface area contributed by atoms with Gasteiger partial charge in [-0.15, -0.1) is 0 Å². The van der Waals surface area contributed by atoms with Crippen LogP contribution in [0.3, 0.4) is 0 Å². The molecule has 0 spiro atoms. The van der Waals surface area contributed by atoms with E-state index in [1.165, 1.54) is 18.2 Å². The molecule has 0 heterocycles. The number of carboxylic acid groups (broad SMARTS) is 1. The number of ketones is 1. The normalized spacial score (nSPS) is 11.8. The van der Waals surface area contributed by atoms with Gasteiger partial charge < -0.3 is 22.3 Å². The second-order valence-corrected chi connectivity index (χ2v) is 4.09. The zero-order valence-corrected chi connectivity index (χ0v) is 10.1. The summed E-state index contributed by atoms with van der Waals surface area (Å²) >= 11 is 0. The van der Waals surface area contributed by atoms with Crippen LogP contribution in [0, 0.1) is 0 Å². The van der Waals surface area contributed by atoms with Crippen molar-refractivity contribution in [3.63, 3.8) is 0 Å². The number of carbonyl (C=O) groups excluding carboxylic acids is 2. The molecule has 0 aliphatic heterocycles. The molecule has 1 aromatic carbocycles. The first-order chi connectivity index (χ1) is 8.82. The van der Waals surface area contributed by atoms with Gasteiger partial charge in [0, 0.05) is 17.7 Å². The quantitative estimate of drug-likeness (QED) is 0.411. The topological polar surface area (TPSA) is 150 Å². The minimum Gasteiger partial charge on any atom is -0.478 e. The van der Waals surface area contributed by atoms with Crippen LogP contribution in [0.5, 0.6) is 0 Å². The number of primary amides is 1. The van der Waals surface area contributed by atoms with Gasteiger partial charge in [-0.25, -0.2) is 4.79 Å². The van der Waals surface area contributed by atoms with Crippen LogP contribution in [0.4, 0.5) is 5.69 Å². The van der Waals surface area contributed by atoms with Crippen molar-refractivity contribution in [2.45, 2.75) is 18.9 Å². The predicted octanol–water partition coefficient (Wildman–Crippen LogP) is -0.257. The molecule has 1 amide bonds. The molecule has 19 heavy (non-hydrogen) atoms. The number of amides is 1. The summed E-state index contributed by atoms with van der Waals surface area (Å²) in [6.45, 7) is 0. The molecule has 0 saturated carbocycles. The van der Waals surface area contributed by atoms with Crippen LogP contribution in [0.25, 0.3) is 0 Å². The molecule has 1 aromatic rings. The Morgan fingerprint density at radius 1 is 1.21 bits per heavy atom. The highest BCUT2D eigenvalue weighted by molar-refractivity contribution is 6.08. The number of anilines is 1. The number of benzene rings is 1. The van der Waals surface area contributed by atoms with E-state index >= 15 is 0 Å². The highest BCUT2D eigenvalue weighted by Gasteiger charge is 2.22. The minimum atomic E-state index is -1.24. The van der Waals surface area contributed by atoms with E-state index in [0.717, 1.165) is 0 Å². The molecule has 0 fully saturated rings. The summed E-state index contributed by atoms with van der Waals surface area (Å²) < 4.78 is 0. The van der Waals surface area contributed by atoms with Crippen LogP contribution in [0.2, 0.25) is 0 Å². The number of Topliss-reactive ketones (excluding diaryl/α,β-unsaturated/α-hetero) is 1. The summed E-state index contributed by atoms with van der Waals surface area (Å²) in [5.41, 5.74) is 16.1. The Hall–Kier alpha value is -2.41. The number of carboxylic acids is 1. The van der Waals surface area contributed by atoms with Gasteiger partial charge in [0.15, 0.2) is 5.78 Å². The van der Waals surface area contributed by atoms with E-state index in [4.69, 9.17) is 22.3 Å². The Morgan fingerprint density at radius 2 is 1.84 bits per heavy atom. The average Bonchev–Trinajstić information content (AvgIpc) is 2.34. The lowest BCUT2D eigenvalue weighted by Crippen LogP contribution is -2.33. The maximum absolute atomic E-state index is 12.0. The van der Waals surface area contributed by atoms with Crippen LogP contribution < -0.4 is 17.2 Å². The van der Waals surface area contributed by atoms with Gasteiger partial charge in [-0.2, -0.15) is 0 Å². The van der Waals surface area contributed by atoms with Crippen molar-refractivity contribution < 1.29 is 19.5 Å². The first-order valence-electron chi connectivity index (χ1n) is 5.54. The molecule has 0 saturated heterocycles. The van der Waals surface area contributed by atoms with Gasteiger partial charge in [-0.3, -0.25) is 9.59 Å². The highest BCUT2D eigenvalue weighted by Crippen LogP contribution is 2.16. The summed E-state index contributed by atoms with van der Waals surface area (Å²) in [4.78, 5) is 33.7. The van der Waals surface area contributed by atoms with E-state index in [2.05, 4.69) is 0 Å². The van der Waals surface area contributed by atoms with Crippen molar-refractivity contribution in [2.75, 3.05) is 5.73 Å². The fourth-order valence-corrected chi connectivity index (χ4v) is 1.58. The molecular formula is C12H15N3O4. The third kappa shape index (κ3) is 3.78. The molecule has 102 valence electrons. The smallest absolute Gasteiger partial charge is 0.336 e. The maximum Gasteiger partial charge on any atom is 0.336 e. The summed E-state index contributed by atoms with van der Waals surface area (Å²) in [7, 11) is 0. The lowest BCUT2D eigenvalue weighted by atomic mass is 9.96. The molecule has 7 heteroatoms. The Balaban J connectivity index is 3.01. The molecule has 7 N–H and O–H groups in total. The zero-order valence-electron chi connectivity index (χ0n) is 10.1. The van der Waals surface area contributed by atoms with Crippen molar-refractivity contribution in [3.8, 4) is 0 Å². The van der Waals surface area contributed by atoms with E-state index in [0.29, 0.717) is 0 Å². The minimum absolute atomic E-state index is 0.0440. The fourth-order valence-electron chi connectivity index (χ4n) is 1.58. The average molecular weight is 265 g/mol. The van der Waals surface area contributed by atoms with Crippen LogP contribution in [0.1, 0.15) is 33.6 Å². The molecular weight excluding hydrogens is 250 g/mol. The van der Waals surface area contributed by atoms with Gasteiger partial charge in [0.2, 0.25) is 5.91 Å². The van der Waals surface area contributed by atoms with Crippen LogP contribution in [0.15, 0.2) is 18.2 Å². The second-order valence-electron chi connectivity index (χ2n) is 4.09. The van der Waals surface area contributed by atoms with Crippen molar-refractivity contribution in [2.24, 2.45) is 11.5 Å². The summed E-state index contributed by atoms with van der Waals surface area (Å²) in [6.07, 6.45) is 0.0135. The van der Waals surface area contributed by atoms with Gasteiger partial charge >= 0.3 is 5.97 Å². The number of rotatable bonds is 6. The monoisotopic (exact) mass is 265 g/mol. The molecule has 1 atom stereocenters. The lowest BCUT2D eigenvalue weighted by Gasteiger charge is -2.12. The number of hydrogen-bond donors (Lipinski definition) is 4. The molecule has 0 bridgehead atoms. The molecule has 0 radical (unpaired) electrons. The van der Waals surface area contributed by atoms with Crippen molar-refractivity contribution >= 4 is 23.3 Å². The predicted molar refractivity (Wildman–Crippen MR) is 68.5 cm³/mol. The molecule has 0 aliphatic carbocycles. The Bertz CT molecular complexity index is 528. The first-order valence-corrected chi connectivity index (χ1v) is 5.54. The van der Waals surface area contributed by atoms with E-state index in [1.54, 1.807) is 0 Å². The van der Waals surface area contributed by atoms with Gasteiger partial charge in [0.25, 0.3) is 0 Å². The SMILES string of the molecule is NC(=O)CC[C@H](N)C(=O)c1cc(N)ccc1C(=O)O. The largest absolute Gasteiger partial charge is 0.478 e. The Labute approximate surface area is 109 Å². The molecule has 0 aliphatic rings. The van der Waals surface area contributed by atoms with E-state index < -0.39 is 23.7 Å². The molecule has 1 rings (SSSR count). The Kier molecular flexibility index (Phi) is 4.60. The summed E-state index contributed by atoms with van der Waals surface area (Å²) in [5.74, 6) is -2.40. The molecule has 0 unspecified atom stereocenters. The highest BCUT2D eigenvalue weighted by atomic mass is 16.4. The third-order valence-corrected chi connectivity index (χ3v) is 2.58. The van der Waals surface area contributed by atoms with Gasteiger partial charge in [-0.1, -0.05) is 0 Å². The summed E-state index contributed by atoms with van der Waals surface area (Å²) in [6, 6.07) is 2.89. The molecule has 0 aromatic heterocycles. The van der Waals surface area contributed by atoms with Crippen molar-refractivity contribution in [1.82, 2.24) is 0 Å². The van der Waals surface area contributed by atoms with Gasteiger partial charge in [0.1, 0.15) is 0 Å². The van der Waals surface area contributed by atoms with E-state index in [9.17, 15) is 14.4 Å². The number of carbonyl (C=O) groups is 3. The first kappa shape index (κ1) is 14.7. The third-order valence-electron chi connectivity index (χ3n) is 2.58. The van der Waals surface area contributed by atoms with E-state index in [1.807, 2.05) is 0 Å². The number of nitrogens with two attached hydrogens (primary N) is 3. The maximum atomic E-state index is 12.0. The standard InChI is InChI=1S/C12H15N3O4/c13-6-1-2-7(12(18)19)8(5-6)11(17)9(14)3-4-10(15)16/h1-2,5,9H,3-4,13-14H2,(H2,15,16)(H,18,19)/t9-/m0/s1. The van der Waals surface area contributed by atoms with Gasteiger partial charge in [-0.05, 0) is 24.6 Å². The Morgan fingerprint density at radius 3 is 2.37 bits per heavy atom. The van der Waals surface area contributed by atoms with Crippen molar-refractivity contribution in [3.05, 3.63) is 29.3 Å². The van der Waals surface area contributed by atoms with Crippen LogP contribution in [-0.4, -0.2) is 28.8 Å². The van der Waals surface area contributed by atoms with Crippen LogP contribution >= 0.6 is 0 Å². The molecule has 7 nitrogen and oxygen atoms in total. The van der Waals surface area contributed by atoms with E-state index in [-0.39, 0.29) is 29.7 Å². The van der Waals surface area contributed by atoms with Crippen LogP contribution in [-0.2, 0) is 4.79 Å². The fraction of sp³-hybridized carbons (Fsp3) is 0.250. The van der Waals surface area contributed by atoms with Gasteiger partial charge in [0.05, 0.1) is 11.6 Å². The number of nitrogen functional groups attached to an aromatic ring is 1. The summed E-state index contributed by atoms with van der Waals surface area (Å²) in [5, 5.41) is 9.00. The zero-order chi connectivity index (χ0) is 14.6. The number of hydrogen-bond acceptors (Lipinski definition) is 5. The second kappa shape index (κ2) is 5.96.